The first-order valence-corrected chi connectivity index (χ1v) is 6.81. The van der Waals surface area contributed by atoms with Crippen LogP contribution >= 0.6 is 0 Å². The second-order valence-electron chi connectivity index (χ2n) is 4.79. The van der Waals surface area contributed by atoms with Crippen LogP contribution in [0.2, 0.25) is 0 Å². The molecule has 0 aliphatic heterocycles. The Morgan fingerprint density at radius 2 is 1.86 bits per heavy atom. The molecule has 0 bridgehead atoms. The number of methoxy groups -OCH3 is 1. The van der Waals surface area contributed by atoms with Crippen LogP contribution in [-0.2, 0) is 24.3 Å². The number of hydrogen-bond acceptors (Lipinski definition) is 3. The molecule has 0 fully saturated rings. The lowest BCUT2D eigenvalue weighted by Crippen LogP contribution is -2.15. The molecular formula is C17H19NO3. The van der Waals surface area contributed by atoms with E-state index in [1.54, 1.807) is 7.11 Å². The normalized spacial score (nSPS) is 10.3. The fourth-order valence-electron chi connectivity index (χ4n) is 2.19. The van der Waals surface area contributed by atoms with Gasteiger partial charge in [-0.15, -0.1) is 0 Å². The highest BCUT2D eigenvalue weighted by atomic mass is 16.5. The van der Waals surface area contributed by atoms with E-state index in [4.69, 9.17) is 9.84 Å². The van der Waals surface area contributed by atoms with Crippen molar-refractivity contribution in [1.29, 1.82) is 0 Å². The van der Waals surface area contributed by atoms with Gasteiger partial charge in [-0.3, -0.25) is 4.79 Å². The molecule has 110 valence electrons. The van der Waals surface area contributed by atoms with Crippen LogP contribution in [0.4, 0.5) is 0 Å². The molecule has 0 unspecified atom stereocenters. The SMILES string of the molecule is COc1cccc(CNCc2ccccc2CC(=O)O)c1. The van der Waals surface area contributed by atoms with Crippen LogP contribution < -0.4 is 10.1 Å². The lowest BCUT2D eigenvalue weighted by atomic mass is 10.0. The van der Waals surface area contributed by atoms with Crippen molar-refractivity contribution in [3.63, 3.8) is 0 Å². The van der Waals surface area contributed by atoms with E-state index in [2.05, 4.69) is 5.32 Å². The van der Waals surface area contributed by atoms with Gasteiger partial charge in [0.1, 0.15) is 5.75 Å². The van der Waals surface area contributed by atoms with E-state index in [1.807, 2.05) is 48.5 Å². The van der Waals surface area contributed by atoms with Gasteiger partial charge >= 0.3 is 5.97 Å². The standard InChI is InChI=1S/C17H19NO3/c1-21-16-8-4-5-13(9-16)11-18-12-15-7-3-2-6-14(15)10-17(19)20/h2-9,18H,10-12H2,1H3,(H,19,20). The fourth-order valence-corrected chi connectivity index (χ4v) is 2.19. The Bertz CT molecular complexity index is 610. The summed E-state index contributed by atoms with van der Waals surface area (Å²) in [5, 5.41) is 12.3. The van der Waals surface area contributed by atoms with Gasteiger partial charge in [-0.2, -0.15) is 0 Å². The van der Waals surface area contributed by atoms with Crippen LogP contribution in [0.1, 0.15) is 16.7 Å². The van der Waals surface area contributed by atoms with Crippen molar-refractivity contribution in [3.05, 3.63) is 65.2 Å². The van der Waals surface area contributed by atoms with E-state index < -0.39 is 5.97 Å². The highest BCUT2D eigenvalue weighted by Crippen LogP contribution is 2.13. The summed E-state index contributed by atoms with van der Waals surface area (Å²) in [5.74, 6) is 0.0239. The van der Waals surface area contributed by atoms with Crippen molar-refractivity contribution >= 4 is 5.97 Å². The largest absolute Gasteiger partial charge is 0.497 e. The summed E-state index contributed by atoms with van der Waals surface area (Å²) in [5.41, 5.74) is 3.00. The van der Waals surface area contributed by atoms with Crippen molar-refractivity contribution in [2.75, 3.05) is 7.11 Å². The number of nitrogens with one attached hydrogen (secondary N) is 1. The number of ether oxygens (including phenoxy) is 1. The third kappa shape index (κ3) is 4.61. The van der Waals surface area contributed by atoms with E-state index in [1.165, 1.54) is 0 Å². The molecule has 2 aromatic rings. The fraction of sp³-hybridized carbons (Fsp3) is 0.235. The van der Waals surface area contributed by atoms with Crippen LogP contribution in [0.25, 0.3) is 0 Å². The maximum absolute atomic E-state index is 10.9. The average Bonchev–Trinajstić information content (AvgIpc) is 2.49. The molecule has 0 atom stereocenters. The number of carboxylic acids is 1. The molecule has 2 N–H and O–H groups in total. The van der Waals surface area contributed by atoms with Crippen molar-refractivity contribution in [2.45, 2.75) is 19.5 Å². The second kappa shape index (κ2) is 7.45. The summed E-state index contributed by atoms with van der Waals surface area (Å²) >= 11 is 0. The predicted molar refractivity (Wildman–Crippen MR) is 81.3 cm³/mol. The molecule has 0 aromatic heterocycles. The molecule has 2 aromatic carbocycles. The van der Waals surface area contributed by atoms with E-state index in [0.29, 0.717) is 13.1 Å². The molecule has 21 heavy (non-hydrogen) atoms. The molecule has 4 heteroatoms. The van der Waals surface area contributed by atoms with Crippen LogP contribution in [-0.4, -0.2) is 18.2 Å². The van der Waals surface area contributed by atoms with Gasteiger partial charge in [0.15, 0.2) is 0 Å². The summed E-state index contributed by atoms with van der Waals surface area (Å²) in [6.07, 6.45) is 0.0526. The molecule has 0 aliphatic carbocycles. The minimum absolute atomic E-state index is 0.0526. The Labute approximate surface area is 124 Å². The Morgan fingerprint density at radius 1 is 1.10 bits per heavy atom. The Kier molecular flexibility index (Phi) is 5.35. The maximum atomic E-state index is 10.9. The molecule has 0 spiro atoms. The van der Waals surface area contributed by atoms with Gasteiger partial charge in [0.2, 0.25) is 0 Å². The van der Waals surface area contributed by atoms with E-state index in [0.717, 1.165) is 22.4 Å². The summed E-state index contributed by atoms with van der Waals surface area (Å²) in [6.45, 7) is 1.35. The summed E-state index contributed by atoms with van der Waals surface area (Å²) in [6, 6.07) is 15.5. The lowest BCUT2D eigenvalue weighted by molar-refractivity contribution is -0.136. The number of rotatable bonds is 7. The number of benzene rings is 2. The number of carbonyl (C=O) groups is 1. The molecule has 4 nitrogen and oxygen atoms in total. The third-order valence-corrected chi connectivity index (χ3v) is 3.24. The zero-order valence-electron chi connectivity index (χ0n) is 12.0. The van der Waals surface area contributed by atoms with Crippen LogP contribution in [0.15, 0.2) is 48.5 Å². The monoisotopic (exact) mass is 285 g/mol. The summed E-state index contributed by atoms with van der Waals surface area (Å²) in [4.78, 5) is 10.9. The molecule has 0 aliphatic rings. The van der Waals surface area contributed by atoms with E-state index >= 15 is 0 Å². The van der Waals surface area contributed by atoms with Crippen LogP contribution in [0.3, 0.4) is 0 Å². The zero-order valence-corrected chi connectivity index (χ0v) is 12.0. The highest BCUT2D eigenvalue weighted by molar-refractivity contribution is 5.70. The highest BCUT2D eigenvalue weighted by Gasteiger charge is 2.05. The zero-order chi connectivity index (χ0) is 15.1. The number of carboxylic acid groups (broad SMARTS) is 1. The van der Waals surface area contributed by atoms with E-state index in [-0.39, 0.29) is 6.42 Å². The molecule has 2 rings (SSSR count). The summed E-state index contributed by atoms with van der Waals surface area (Å²) in [7, 11) is 1.65. The molecule has 0 radical (unpaired) electrons. The van der Waals surface area contributed by atoms with Crippen molar-refractivity contribution < 1.29 is 14.6 Å². The molecule has 0 saturated carbocycles. The first kappa shape index (κ1) is 15.1. The second-order valence-corrected chi connectivity index (χ2v) is 4.79. The Balaban J connectivity index is 1.95. The molecule has 0 saturated heterocycles. The van der Waals surface area contributed by atoms with Crippen LogP contribution in [0.5, 0.6) is 5.75 Å². The van der Waals surface area contributed by atoms with Gasteiger partial charge in [0, 0.05) is 13.1 Å². The first-order valence-electron chi connectivity index (χ1n) is 6.81. The molecular weight excluding hydrogens is 266 g/mol. The van der Waals surface area contributed by atoms with Crippen molar-refractivity contribution in [1.82, 2.24) is 5.32 Å². The quantitative estimate of drug-likeness (QED) is 0.821. The Hall–Kier alpha value is -2.33. The van der Waals surface area contributed by atoms with Gasteiger partial charge < -0.3 is 15.2 Å². The predicted octanol–water partition coefficient (Wildman–Crippen LogP) is 2.61. The smallest absolute Gasteiger partial charge is 0.307 e. The minimum Gasteiger partial charge on any atom is -0.497 e. The van der Waals surface area contributed by atoms with Crippen molar-refractivity contribution in [2.24, 2.45) is 0 Å². The average molecular weight is 285 g/mol. The van der Waals surface area contributed by atoms with Crippen LogP contribution in [0, 0.1) is 0 Å². The van der Waals surface area contributed by atoms with Gasteiger partial charge in [-0.25, -0.2) is 0 Å². The van der Waals surface area contributed by atoms with Gasteiger partial charge in [-0.1, -0.05) is 36.4 Å². The summed E-state index contributed by atoms with van der Waals surface area (Å²) < 4.78 is 5.19. The van der Waals surface area contributed by atoms with E-state index in [9.17, 15) is 4.79 Å². The first-order chi connectivity index (χ1) is 10.2. The van der Waals surface area contributed by atoms with Crippen molar-refractivity contribution in [3.8, 4) is 5.75 Å². The number of hydrogen-bond donors (Lipinski definition) is 2. The van der Waals surface area contributed by atoms with Gasteiger partial charge in [-0.05, 0) is 28.8 Å². The topological polar surface area (TPSA) is 58.6 Å². The Morgan fingerprint density at radius 3 is 2.57 bits per heavy atom. The number of aliphatic carboxylic acids is 1. The molecule has 0 amide bonds. The van der Waals surface area contributed by atoms with Gasteiger partial charge in [0.25, 0.3) is 0 Å². The third-order valence-electron chi connectivity index (χ3n) is 3.24. The minimum atomic E-state index is -0.810. The lowest BCUT2D eigenvalue weighted by Gasteiger charge is -2.10. The van der Waals surface area contributed by atoms with Gasteiger partial charge in [0.05, 0.1) is 13.5 Å². The molecule has 0 heterocycles. The maximum Gasteiger partial charge on any atom is 0.307 e.